The number of phenols is 1. The normalized spacial score (nSPS) is 14.2. The highest BCUT2D eigenvalue weighted by Crippen LogP contribution is 2.38. The van der Waals surface area contributed by atoms with E-state index in [0.29, 0.717) is 17.3 Å². The number of ketones is 1. The van der Waals surface area contributed by atoms with Crippen molar-refractivity contribution in [2.24, 2.45) is 0 Å². The smallest absolute Gasteiger partial charge is 0.416 e. The summed E-state index contributed by atoms with van der Waals surface area (Å²) in [6.45, 7) is 0.0173. The maximum atomic E-state index is 13.2. The van der Waals surface area contributed by atoms with Crippen LogP contribution in [0.25, 0.3) is 0 Å². The maximum Gasteiger partial charge on any atom is 0.416 e. The van der Waals surface area contributed by atoms with Crippen LogP contribution in [0.5, 0.6) is 5.75 Å². The van der Waals surface area contributed by atoms with Crippen molar-refractivity contribution in [1.82, 2.24) is 0 Å². The topological polar surface area (TPSA) is 49.3 Å². The second-order valence-electron chi connectivity index (χ2n) is 6.18. The highest BCUT2D eigenvalue weighted by atomic mass is 19.4. The van der Waals surface area contributed by atoms with Crippen LogP contribution in [0.1, 0.15) is 32.6 Å². The molecule has 1 aliphatic rings. The number of rotatable bonds is 3. The zero-order valence-electron chi connectivity index (χ0n) is 13.6. The number of nitrogens with one attached hydrogen (secondary N) is 1. The van der Waals surface area contributed by atoms with Crippen molar-refractivity contribution < 1.29 is 36.2 Å². The molecule has 0 atom stereocenters. The molecule has 0 radical (unpaired) electrons. The van der Waals surface area contributed by atoms with E-state index in [4.69, 9.17) is 0 Å². The molecule has 0 saturated heterocycles. The van der Waals surface area contributed by atoms with E-state index in [1.165, 1.54) is 12.1 Å². The fraction of sp³-hybridized carbons (Fsp3) is 0.278. The maximum absolute atomic E-state index is 13.2. The molecule has 0 unspecified atom stereocenters. The zero-order chi connectivity index (χ0) is 20.0. The monoisotopic (exact) mass is 389 g/mol. The molecule has 2 N–H and O–H groups in total. The first-order chi connectivity index (χ1) is 12.5. The third kappa shape index (κ3) is 3.86. The number of anilines is 1. The average Bonchev–Trinajstić information content (AvgIpc) is 2.92. The Balaban J connectivity index is 1.88. The summed E-state index contributed by atoms with van der Waals surface area (Å²) in [6.07, 6.45) is -9.93. The summed E-state index contributed by atoms with van der Waals surface area (Å²) in [5.74, 6) is -0.572. The van der Waals surface area contributed by atoms with Crippen LogP contribution in [0.2, 0.25) is 0 Å². The summed E-state index contributed by atoms with van der Waals surface area (Å²) in [6, 6.07) is 4.36. The van der Waals surface area contributed by atoms with E-state index in [1.807, 2.05) is 0 Å². The number of benzene rings is 2. The zero-order valence-corrected chi connectivity index (χ0v) is 13.6. The Morgan fingerprint density at radius 2 is 1.67 bits per heavy atom. The number of aryl methyl sites for hydroxylation is 2. The van der Waals surface area contributed by atoms with Crippen molar-refractivity contribution in [3.8, 4) is 5.75 Å². The summed E-state index contributed by atoms with van der Waals surface area (Å²) in [5, 5.41) is 12.7. The second-order valence-corrected chi connectivity index (χ2v) is 6.18. The number of carbonyl (C=O) groups is 1. The van der Waals surface area contributed by atoms with Gasteiger partial charge in [0.05, 0.1) is 23.2 Å². The Morgan fingerprint density at radius 3 is 2.30 bits per heavy atom. The minimum Gasteiger partial charge on any atom is -0.507 e. The van der Waals surface area contributed by atoms with Crippen LogP contribution in [0.3, 0.4) is 0 Å². The standard InChI is InChI=1S/C18H13F6NO2/c19-17(20,21)11-4-3-10(12(7-11)18(22,23)24)2-1-9-5-13-16(14(26)6-9)15(27)8-25-13/h3-7,25-26H,1-2,8H2. The van der Waals surface area contributed by atoms with E-state index < -0.39 is 23.5 Å². The van der Waals surface area contributed by atoms with Gasteiger partial charge in [-0.3, -0.25) is 4.79 Å². The van der Waals surface area contributed by atoms with E-state index in [1.54, 1.807) is 0 Å². The minimum absolute atomic E-state index is 0.0173. The molecule has 3 nitrogen and oxygen atoms in total. The fourth-order valence-electron chi connectivity index (χ4n) is 3.04. The van der Waals surface area contributed by atoms with Gasteiger partial charge in [-0.1, -0.05) is 6.07 Å². The van der Waals surface area contributed by atoms with Crippen LogP contribution in [-0.2, 0) is 25.2 Å². The number of hydrogen-bond donors (Lipinski definition) is 2. The van der Waals surface area contributed by atoms with Gasteiger partial charge < -0.3 is 10.4 Å². The lowest BCUT2D eigenvalue weighted by Crippen LogP contribution is -2.14. The van der Waals surface area contributed by atoms with Crippen LogP contribution in [0.15, 0.2) is 30.3 Å². The predicted octanol–water partition coefficient (Wildman–Crippen LogP) is 4.82. The molecular formula is C18H13F6NO2. The molecule has 0 bridgehead atoms. The van der Waals surface area contributed by atoms with Gasteiger partial charge in [0.2, 0.25) is 0 Å². The molecule has 0 spiro atoms. The summed E-state index contributed by atoms with van der Waals surface area (Å²) in [7, 11) is 0. The molecule has 0 aliphatic carbocycles. The molecule has 0 fully saturated rings. The second kappa shape index (κ2) is 6.47. The Morgan fingerprint density at radius 1 is 0.963 bits per heavy atom. The Bertz CT molecular complexity index is 902. The lowest BCUT2D eigenvalue weighted by atomic mass is 9.96. The molecule has 3 rings (SSSR count). The van der Waals surface area contributed by atoms with Gasteiger partial charge in [-0.25, -0.2) is 0 Å². The third-order valence-electron chi connectivity index (χ3n) is 4.32. The predicted molar refractivity (Wildman–Crippen MR) is 84.8 cm³/mol. The molecule has 2 aromatic rings. The summed E-state index contributed by atoms with van der Waals surface area (Å²) < 4.78 is 77.7. The van der Waals surface area contributed by atoms with Gasteiger partial charge in [-0.2, -0.15) is 26.3 Å². The third-order valence-corrected chi connectivity index (χ3v) is 4.32. The highest BCUT2D eigenvalue weighted by Gasteiger charge is 2.38. The van der Waals surface area contributed by atoms with Gasteiger partial charge in [0.1, 0.15) is 5.75 Å². The van der Waals surface area contributed by atoms with Crippen molar-refractivity contribution >= 4 is 11.5 Å². The SMILES string of the molecule is O=C1CNc2cc(CCc3ccc(C(F)(F)F)cc3C(F)(F)F)cc(O)c21. The number of hydrogen-bond acceptors (Lipinski definition) is 3. The minimum atomic E-state index is -4.93. The van der Waals surface area contributed by atoms with Gasteiger partial charge in [0, 0.05) is 5.69 Å². The van der Waals surface area contributed by atoms with Crippen LogP contribution < -0.4 is 5.32 Å². The van der Waals surface area contributed by atoms with E-state index in [2.05, 4.69) is 5.32 Å². The number of Topliss-reactive ketones (excluding diaryl/α,β-unsaturated/α-hetero) is 1. The summed E-state index contributed by atoms with van der Waals surface area (Å²) >= 11 is 0. The number of fused-ring (bicyclic) bond motifs is 1. The van der Waals surface area contributed by atoms with Crippen LogP contribution in [-0.4, -0.2) is 17.4 Å². The Hall–Kier alpha value is -2.71. The average molecular weight is 389 g/mol. The Kier molecular flexibility index (Phi) is 4.57. The lowest BCUT2D eigenvalue weighted by molar-refractivity contribution is -0.143. The molecule has 9 heteroatoms. The summed E-state index contributed by atoms with van der Waals surface area (Å²) in [4.78, 5) is 11.6. The van der Waals surface area contributed by atoms with E-state index in [0.717, 1.165) is 6.07 Å². The molecule has 0 aromatic heterocycles. The van der Waals surface area contributed by atoms with Crippen molar-refractivity contribution in [3.63, 3.8) is 0 Å². The van der Waals surface area contributed by atoms with Crippen molar-refractivity contribution in [3.05, 3.63) is 58.1 Å². The Labute approximate surface area is 149 Å². The van der Waals surface area contributed by atoms with Crippen LogP contribution in [0, 0.1) is 0 Å². The first kappa shape index (κ1) is 19.1. The quantitative estimate of drug-likeness (QED) is 0.740. The number of aromatic hydroxyl groups is 1. The van der Waals surface area contributed by atoms with Gasteiger partial charge >= 0.3 is 12.4 Å². The molecule has 27 heavy (non-hydrogen) atoms. The van der Waals surface area contributed by atoms with Gasteiger partial charge in [-0.05, 0) is 48.2 Å². The molecule has 1 aliphatic heterocycles. The largest absolute Gasteiger partial charge is 0.507 e. The van der Waals surface area contributed by atoms with Gasteiger partial charge in [0.25, 0.3) is 0 Å². The van der Waals surface area contributed by atoms with E-state index in [-0.39, 0.29) is 48.1 Å². The van der Waals surface area contributed by atoms with Gasteiger partial charge in [0.15, 0.2) is 5.78 Å². The fourth-order valence-corrected chi connectivity index (χ4v) is 3.04. The van der Waals surface area contributed by atoms with Gasteiger partial charge in [-0.15, -0.1) is 0 Å². The van der Waals surface area contributed by atoms with Crippen molar-refractivity contribution in [1.29, 1.82) is 0 Å². The molecular weight excluding hydrogens is 376 g/mol. The molecule has 2 aromatic carbocycles. The first-order valence-corrected chi connectivity index (χ1v) is 7.87. The summed E-state index contributed by atoms with van der Waals surface area (Å²) in [5.41, 5.74) is -2.00. The lowest BCUT2D eigenvalue weighted by Gasteiger charge is -2.16. The number of carbonyl (C=O) groups excluding carboxylic acids is 1. The molecule has 0 amide bonds. The van der Waals surface area contributed by atoms with Crippen molar-refractivity contribution in [2.45, 2.75) is 25.2 Å². The van der Waals surface area contributed by atoms with E-state index in [9.17, 15) is 36.2 Å². The number of halogens is 6. The highest BCUT2D eigenvalue weighted by molar-refractivity contribution is 6.10. The van der Waals surface area contributed by atoms with Crippen LogP contribution in [0.4, 0.5) is 32.0 Å². The van der Waals surface area contributed by atoms with Crippen LogP contribution >= 0.6 is 0 Å². The van der Waals surface area contributed by atoms with Crippen molar-refractivity contribution in [2.75, 3.05) is 11.9 Å². The number of phenolic OH excluding ortho intramolecular Hbond substituents is 1. The first-order valence-electron chi connectivity index (χ1n) is 7.87. The van der Waals surface area contributed by atoms with E-state index >= 15 is 0 Å². The molecule has 0 saturated carbocycles. The molecule has 1 heterocycles. The number of alkyl halides is 6. The molecule has 144 valence electrons.